The number of aliphatic hydroxyl groups is 1. The number of hydrogen-bond donors (Lipinski definition) is 1. The van der Waals surface area contributed by atoms with Crippen LogP contribution in [0, 0.1) is 0 Å². The zero-order valence-corrected chi connectivity index (χ0v) is 13.5. The van der Waals surface area contributed by atoms with E-state index in [0.29, 0.717) is 6.61 Å². The zero-order valence-electron chi connectivity index (χ0n) is 13.5. The van der Waals surface area contributed by atoms with Crippen LogP contribution < -0.4 is 0 Å². The predicted molar refractivity (Wildman–Crippen MR) is 82.2 cm³/mol. The molecule has 19 heavy (non-hydrogen) atoms. The lowest BCUT2D eigenvalue weighted by Crippen LogP contribution is -1.95. The molecule has 0 saturated heterocycles. The van der Waals surface area contributed by atoms with Crippen LogP contribution in [-0.4, -0.2) is 24.9 Å². The molecule has 3 nitrogen and oxygen atoms in total. The summed E-state index contributed by atoms with van der Waals surface area (Å²) in [5, 5.41) is 7.57. The standard InChI is InChI=1S/C14H30O2.C2H6O/c1-3-5-6-7-8-9-10-11-12-13-14-16-15-4-2;1-2-3/h3-14H2,1-2H3;3H,2H2,1H3. The summed E-state index contributed by atoms with van der Waals surface area (Å²) in [4.78, 5) is 9.77. The predicted octanol–water partition coefficient (Wildman–Crippen LogP) is 4.87. The molecule has 0 saturated carbocycles. The Kier molecular flexibility index (Phi) is 25.7. The Hall–Kier alpha value is -0.120. The minimum atomic E-state index is 0.250. The smallest absolute Gasteiger partial charge is 0.0822 e. The maximum absolute atomic E-state index is 7.57. The van der Waals surface area contributed by atoms with Crippen molar-refractivity contribution in [3.05, 3.63) is 0 Å². The van der Waals surface area contributed by atoms with Crippen LogP contribution in [0.2, 0.25) is 0 Å². The summed E-state index contributed by atoms with van der Waals surface area (Å²) >= 11 is 0. The van der Waals surface area contributed by atoms with Crippen molar-refractivity contribution in [2.75, 3.05) is 19.8 Å². The van der Waals surface area contributed by atoms with Gasteiger partial charge in [0.1, 0.15) is 0 Å². The number of aliphatic hydroxyl groups excluding tert-OH is 1. The molecule has 0 fully saturated rings. The van der Waals surface area contributed by atoms with E-state index in [4.69, 9.17) is 14.9 Å². The second kappa shape index (κ2) is 23.0. The van der Waals surface area contributed by atoms with Gasteiger partial charge in [-0.2, -0.15) is 0 Å². The Labute approximate surface area is 120 Å². The highest BCUT2D eigenvalue weighted by atomic mass is 17.2. The van der Waals surface area contributed by atoms with Gasteiger partial charge in [0.2, 0.25) is 0 Å². The topological polar surface area (TPSA) is 38.7 Å². The molecule has 3 heteroatoms. The molecule has 118 valence electrons. The SMILES string of the molecule is CCCCCCCCCCCCOOCC.CCO. The second-order valence-corrected chi connectivity index (χ2v) is 4.73. The number of hydrogen-bond acceptors (Lipinski definition) is 3. The molecule has 0 spiro atoms. The Balaban J connectivity index is 0. The molecule has 0 unspecified atom stereocenters. The molecule has 0 heterocycles. The van der Waals surface area contributed by atoms with E-state index >= 15 is 0 Å². The quantitative estimate of drug-likeness (QED) is 0.296. The molecule has 0 bridgehead atoms. The van der Waals surface area contributed by atoms with Gasteiger partial charge in [-0.25, -0.2) is 9.78 Å². The number of rotatable bonds is 13. The van der Waals surface area contributed by atoms with Crippen LogP contribution >= 0.6 is 0 Å². The molecule has 0 radical (unpaired) electrons. The van der Waals surface area contributed by atoms with Gasteiger partial charge in [0, 0.05) is 6.61 Å². The highest BCUT2D eigenvalue weighted by Gasteiger charge is 1.93. The van der Waals surface area contributed by atoms with E-state index in [-0.39, 0.29) is 6.61 Å². The first-order valence-electron chi connectivity index (χ1n) is 8.18. The van der Waals surface area contributed by atoms with Crippen LogP contribution in [0.15, 0.2) is 0 Å². The Bertz CT molecular complexity index is 115. The lowest BCUT2D eigenvalue weighted by atomic mass is 10.1. The van der Waals surface area contributed by atoms with E-state index in [0.717, 1.165) is 13.0 Å². The van der Waals surface area contributed by atoms with E-state index in [9.17, 15) is 0 Å². The summed E-state index contributed by atoms with van der Waals surface area (Å²) in [6.45, 7) is 7.55. The minimum Gasteiger partial charge on any atom is -0.397 e. The van der Waals surface area contributed by atoms with Gasteiger partial charge in [-0.1, -0.05) is 64.7 Å². The van der Waals surface area contributed by atoms with Gasteiger partial charge >= 0.3 is 0 Å². The van der Waals surface area contributed by atoms with Crippen molar-refractivity contribution < 1.29 is 14.9 Å². The molecule has 1 N–H and O–H groups in total. The molecule has 0 aromatic heterocycles. The Morgan fingerprint density at radius 2 is 1.05 bits per heavy atom. The fraction of sp³-hybridized carbons (Fsp3) is 1.00. The van der Waals surface area contributed by atoms with Crippen molar-refractivity contribution in [1.29, 1.82) is 0 Å². The van der Waals surface area contributed by atoms with Gasteiger partial charge < -0.3 is 5.11 Å². The highest BCUT2D eigenvalue weighted by Crippen LogP contribution is 2.10. The lowest BCUT2D eigenvalue weighted by Gasteiger charge is -2.02. The maximum atomic E-state index is 7.57. The minimum absolute atomic E-state index is 0.250. The average Bonchev–Trinajstić information content (AvgIpc) is 2.41. The second-order valence-electron chi connectivity index (χ2n) is 4.73. The lowest BCUT2D eigenvalue weighted by molar-refractivity contribution is -0.291. The molecule has 0 aliphatic heterocycles. The average molecular weight is 276 g/mol. The van der Waals surface area contributed by atoms with E-state index in [2.05, 4.69) is 6.92 Å². The molecule has 0 aliphatic rings. The molecule has 0 aromatic carbocycles. The summed E-state index contributed by atoms with van der Waals surface area (Å²) in [5.41, 5.74) is 0. The first-order chi connectivity index (χ1) is 9.33. The molecule has 0 aliphatic carbocycles. The largest absolute Gasteiger partial charge is 0.397 e. The van der Waals surface area contributed by atoms with Gasteiger partial charge in [-0.3, -0.25) is 0 Å². The van der Waals surface area contributed by atoms with E-state index in [1.54, 1.807) is 6.92 Å². The van der Waals surface area contributed by atoms with Crippen LogP contribution in [0.3, 0.4) is 0 Å². The molecular formula is C16H36O3. The van der Waals surface area contributed by atoms with Crippen molar-refractivity contribution >= 4 is 0 Å². The van der Waals surface area contributed by atoms with Crippen LogP contribution in [0.25, 0.3) is 0 Å². The third-order valence-electron chi connectivity index (χ3n) is 2.78. The Morgan fingerprint density at radius 3 is 1.47 bits per heavy atom. The van der Waals surface area contributed by atoms with E-state index in [1.165, 1.54) is 57.8 Å². The molecule has 0 rings (SSSR count). The van der Waals surface area contributed by atoms with E-state index < -0.39 is 0 Å². The van der Waals surface area contributed by atoms with Crippen LogP contribution in [0.5, 0.6) is 0 Å². The third-order valence-corrected chi connectivity index (χ3v) is 2.78. The maximum Gasteiger partial charge on any atom is 0.0822 e. The third kappa shape index (κ3) is 27.2. The monoisotopic (exact) mass is 276 g/mol. The van der Waals surface area contributed by atoms with Crippen LogP contribution in [-0.2, 0) is 9.78 Å². The van der Waals surface area contributed by atoms with Crippen molar-refractivity contribution in [3.8, 4) is 0 Å². The van der Waals surface area contributed by atoms with Gasteiger partial charge in [0.05, 0.1) is 13.2 Å². The van der Waals surface area contributed by atoms with Crippen LogP contribution in [0.4, 0.5) is 0 Å². The molecule has 0 amide bonds. The molecule has 0 atom stereocenters. The summed E-state index contributed by atoms with van der Waals surface area (Å²) in [6, 6.07) is 0. The van der Waals surface area contributed by atoms with Gasteiger partial charge in [-0.05, 0) is 20.3 Å². The summed E-state index contributed by atoms with van der Waals surface area (Å²) in [7, 11) is 0. The number of unbranched alkanes of at least 4 members (excludes halogenated alkanes) is 9. The van der Waals surface area contributed by atoms with Crippen molar-refractivity contribution in [1.82, 2.24) is 0 Å². The zero-order chi connectivity index (χ0) is 14.6. The van der Waals surface area contributed by atoms with Crippen molar-refractivity contribution in [2.45, 2.75) is 85.0 Å². The Morgan fingerprint density at radius 1 is 0.632 bits per heavy atom. The van der Waals surface area contributed by atoms with Gasteiger partial charge in [0.15, 0.2) is 0 Å². The van der Waals surface area contributed by atoms with Crippen molar-refractivity contribution in [2.24, 2.45) is 0 Å². The van der Waals surface area contributed by atoms with Gasteiger partial charge in [-0.15, -0.1) is 0 Å². The fourth-order valence-corrected chi connectivity index (χ4v) is 1.79. The van der Waals surface area contributed by atoms with Crippen LogP contribution in [0.1, 0.15) is 85.0 Å². The first-order valence-corrected chi connectivity index (χ1v) is 8.18. The van der Waals surface area contributed by atoms with E-state index in [1.807, 2.05) is 6.92 Å². The summed E-state index contributed by atoms with van der Waals surface area (Å²) in [5.74, 6) is 0. The van der Waals surface area contributed by atoms with Gasteiger partial charge in [0.25, 0.3) is 0 Å². The first kappa shape index (κ1) is 21.2. The molecule has 0 aromatic rings. The van der Waals surface area contributed by atoms with Crippen molar-refractivity contribution in [3.63, 3.8) is 0 Å². The normalized spacial score (nSPS) is 10.1. The highest BCUT2D eigenvalue weighted by molar-refractivity contribution is 4.46. The summed E-state index contributed by atoms with van der Waals surface area (Å²) in [6.07, 6.45) is 13.6. The fourth-order valence-electron chi connectivity index (χ4n) is 1.79. The summed E-state index contributed by atoms with van der Waals surface area (Å²) < 4.78 is 0. The molecular weight excluding hydrogens is 240 g/mol.